The zero-order valence-corrected chi connectivity index (χ0v) is 27.3. The van der Waals surface area contributed by atoms with E-state index in [9.17, 15) is 0 Å². The summed E-state index contributed by atoms with van der Waals surface area (Å²) < 4.78 is 13.3. The molecule has 0 fully saturated rings. The molecule has 0 aromatic heterocycles. The van der Waals surface area contributed by atoms with Crippen molar-refractivity contribution in [1.29, 1.82) is 0 Å². The van der Waals surface area contributed by atoms with E-state index in [0.29, 0.717) is 18.2 Å². The molecule has 0 saturated carbocycles. The summed E-state index contributed by atoms with van der Waals surface area (Å²) in [6, 6.07) is 59.3. The van der Waals surface area contributed by atoms with E-state index in [1.807, 2.05) is 12.1 Å². The first-order valence-electron chi connectivity index (χ1n) is 17.1. The highest BCUT2D eigenvalue weighted by molar-refractivity contribution is 5.98. The van der Waals surface area contributed by atoms with Gasteiger partial charge in [0.25, 0.3) is 0 Å². The quantitative estimate of drug-likeness (QED) is 0.150. The predicted octanol–water partition coefficient (Wildman–Crippen LogP) is 10.3. The van der Waals surface area contributed by atoms with E-state index < -0.39 is 0 Å². The largest absolute Gasteiger partial charge is 0.470 e. The van der Waals surface area contributed by atoms with Crippen molar-refractivity contribution in [1.82, 2.24) is 0 Å². The average molecular weight is 639 g/mol. The van der Waals surface area contributed by atoms with Gasteiger partial charge in [0.15, 0.2) is 11.8 Å². The van der Waals surface area contributed by atoms with E-state index in [-0.39, 0.29) is 24.3 Å². The zero-order valence-electron chi connectivity index (χ0n) is 27.3. The maximum atomic E-state index is 6.66. The van der Waals surface area contributed by atoms with Crippen molar-refractivity contribution in [3.63, 3.8) is 0 Å². The molecule has 2 aliphatic heterocycles. The van der Waals surface area contributed by atoms with Crippen molar-refractivity contribution in [2.45, 2.75) is 43.6 Å². The summed E-state index contributed by atoms with van der Waals surface area (Å²) in [6.07, 6.45) is 1.60. The molecule has 0 N–H and O–H groups in total. The molecule has 49 heavy (non-hydrogen) atoms. The number of ether oxygens (including phenoxy) is 2. The number of nitrogens with zero attached hydrogens (tertiary/aromatic N) is 2. The van der Waals surface area contributed by atoms with E-state index in [1.54, 1.807) is 0 Å². The molecule has 4 nitrogen and oxygen atoms in total. The lowest BCUT2D eigenvalue weighted by Gasteiger charge is -2.19. The summed E-state index contributed by atoms with van der Waals surface area (Å²) in [5.41, 5.74) is 9.55. The first-order chi connectivity index (χ1) is 24.2. The fraction of sp³-hybridized carbons (Fsp3) is 0.156. The SMILES string of the molecule is c1ccc(-c2cccc(C[C@H]3N=C(CC4=N[C@H](Cc5cccc(-c6ccccc6)c5)C(c5ccccc5)O4)OC3c3ccccc3)c2)cc1. The van der Waals surface area contributed by atoms with Crippen LogP contribution in [0, 0.1) is 0 Å². The highest BCUT2D eigenvalue weighted by Gasteiger charge is 2.37. The molecule has 4 heteroatoms. The smallest absolute Gasteiger partial charge is 0.193 e. The van der Waals surface area contributed by atoms with E-state index in [2.05, 4.69) is 158 Å². The monoisotopic (exact) mass is 638 g/mol. The van der Waals surface area contributed by atoms with Crippen LogP contribution < -0.4 is 0 Å². The molecule has 6 aromatic rings. The summed E-state index contributed by atoms with van der Waals surface area (Å²) in [5.74, 6) is 1.35. The van der Waals surface area contributed by atoms with E-state index in [4.69, 9.17) is 19.5 Å². The summed E-state index contributed by atoms with van der Waals surface area (Å²) >= 11 is 0. The molecule has 0 saturated heterocycles. The second-order valence-corrected chi connectivity index (χ2v) is 12.8. The van der Waals surface area contributed by atoms with Gasteiger partial charge in [-0.25, -0.2) is 9.98 Å². The fourth-order valence-corrected chi connectivity index (χ4v) is 6.99. The van der Waals surface area contributed by atoms with Crippen LogP contribution in [0.2, 0.25) is 0 Å². The zero-order chi connectivity index (χ0) is 32.8. The molecule has 240 valence electrons. The molecule has 2 unspecified atom stereocenters. The Labute approximate surface area is 288 Å². The van der Waals surface area contributed by atoms with Gasteiger partial charge in [0.05, 0.1) is 18.5 Å². The Morgan fingerprint density at radius 3 is 1.16 bits per heavy atom. The topological polar surface area (TPSA) is 43.2 Å². The van der Waals surface area contributed by atoms with Gasteiger partial charge >= 0.3 is 0 Å². The standard InChI is InChI=1S/C45H38N2O2/c1-5-17-34(18-6-1)38-25-13-15-32(27-38)29-40-44(36-21-9-3-10-22-36)48-42(46-40)31-43-47-41(45(49-43)37-23-11-4-12-24-37)30-33-16-14-26-39(28-33)35-19-7-2-8-20-35/h1-28,40-41,44-45H,29-31H2/t40-,41-,44?,45?/m1/s1. The summed E-state index contributed by atoms with van der Waals surface area (Å²) in [6.45, 7) is 0. The van der Waals surface area contributed by atoms with Crippen LogP contribution in [0.3, 0.4) is 0 Å². The van der Waals surface area contributed by atoms with Gasteiger partial charge in [0.2, 0.25) is 0 Å². The minimum Gasteiger partial charge on any atom is -0.470 e. The fourth-order valence-electron chi connectivity index (χ4n) is 6.99. The summed E-state index contributed by atoms with van der Waals surface area (Å²) in [4.78, 5) is 10.4. The average Bonchev–Trinajstić information content (AvgIpc) is 3.76. The predicted molar refractivity (Wildman–Crippen MR) is 199 cm³/mol. The molecule has 0 bridgehead atoms. The van der Waals surface area contributed by atoms with Crippen LogP contribution >= 0.6 is 0 Å². The highest BCUT2D eigenvalue weighted by atomic mass is 16.5. The van der Waals surface area contributed by atoms with Crippen LogP contribution in [-0.4, -0.2) is 23.9 Å². The van der Waals surface area contributed by atoms with E-state index >= 15 is 0 Å². The number of rotatable bonds is 10. The number of hydrogen-bond acceptors (Lipinski definition) is 4. The second-order valence-electron chi connectivity index (χ2n) is 12.8. The van der Waals surface area contributed by atoms with Crippen LogP contribution in [0.5, 0.6) is 0 Å². The Kier molecular flexibility index (Phi) is 8.84. The molecule has 0 amide bonds. The maximum Gasteiger partial charge on any atom is 0.193 e. The van der Waals surface area contributed by atoms with Crippen LogP contribution in [0.15, 0.2) is 180 Å². The Bertz CT molecular complexity index is 1910. The molecule has 6 aromatic carbocycles. The van der Waals surface area contributed by atoms with Gasteiger partial charge in [-0.05, 0) is 57.3 Å². The van der Waals surface area contributed by atoms with Crippen molar-refractivity contribution in [3.05, 3.63) is 192 Å². The lowest BCUT2D eigenvalue weighted by atomic mass is 9.95. The number of benzene rings is 6. The Balaban J connectivity index is 1.05. The van der Waals surface area contributed by atoms with Gasteiger partial charge in [0, 0.05) is 0 Å². The first kappa shape index (κ1) is 30.6. The Morgan fingerprint density at radius 1 is 0.388 bits per heavy atom. The molecule has 4 atom stereocenters. The molecular formula is C45H38N2O2. The van der Waals surface area contributed by atoms with Gasteiger partial charge in [-0.15, -0.1) is 0 Å². The third-order valence-electron chi connectivity index (χ3n) is 9.36. The van der Waals surface area contributed by atoms with Crippen LogP contribution in [0.4, 0.5) is 0 Å². The number of aliphatic imine (C=N–C) groups is 2. The van der Waals surface area contributed by atoms with Gasteiger partial charge in [-0.2, -0.15) is 0 Å². The van der Waals surface area contributed by atoms with E-state index in [1.165, 1.54) is 33.4 Å². The van der Waals surface area contributed by atoms with Crippen molar-refractivity contribution in [3.8, 4) is 22.3 Å². The van der Waals surface area contributed by atoms with Gasteiger partial charge in [0.1, 0.15) is 12.2 Å². The van der Waals surface area contributed by atoms with Crippen LogP contribution in [0.25, 0.3) is 22.3 Å². The molecule has 2 heterocycles. The minimum absolute atomic E-state index is 0.0631. The third kappa shape index (κ3) is 7.09. The minimum atomic E-state index is -0.181. The van der Waals surface area contributed by atoms with Gasteiger partial charge in [-0.3, -0.25) is 0 Å². The lowest BCUT2D eigenvalue weighted by Crippen LogP contribution is -2.17. The van der Waals surface area contributed by atoms with Crippen molar-refractivity contribution < 1.29 is 9.47 Å². The Morgan fingerprint density at radius 2 is 0.755 bits per heavy atom. The first-order valence-corrected chi connectivity index (χ1v) is 17.1. The summed E-state index contributed by atoms with van der Waals surface area (Å²) in [5, 5.41) is 0. The maximum absolute atomic E-state index is 6.66. The molecule has 0 aliphatic carbocycles. The second kappa shape index (κ2) is 14.2. The van der Waals surface area contributed by atoms with E-state index in [0.717, 1.165) is 24.0 Å². The summed E-state index contributed by atoms with van der Waals surface area (Å²) in [7, 11) is 0. The van der Waals surface area contributed by atoms with Crippen LogP contribution in [-0.2, 0) is 22.3 Å². The molecule has 2 aliphatic rings. The van der Waals surface area contributed by atoms with Crippen molar-refractivity contribution in [2.24, 2.45) is 9.98 Å². The van der Waals surface area contributed by atoms with Gasteiger partial charge < -0.3 is 9.47 Å². The molecule has 0 radical (unpaired) electrons. The van der Waals surface area contributed by atoms with Crippen molar-refractivity contribution in [2.75, 3.05) is 0 Å². The normalized spacial score (nSPS) is 19.8. The number of hydrogen-bond donors (Lipinski definition) is 0. The molecular weight excluding hydrogens is 601 g/mol. The van der Waals surface area contributed by atoms with Crippen molar-refractivity contribution >= 4 is 11.8 Å². The third-order valence-corrected chi connectivity index (χ3v) is 9.36. The Hall–Kier alpha value is -5.74. The molecule has 8 rings (SSSR count). The lowest BCUT2D eigenvalue weighted by molar-refractivity contribution is 0.182. The van der Waals surface area contributed by atoms with Crippen LogP contribution in [0.1, 0.15) is 40.9 Å². The van der Waals surface area contributed by atoms with Gasteiger partial charge in [-0.1, -0.05) is 170 Å². The highest BCUT2D eigenvalue weighted by Crippen LogP contribution is 2.36. The molecule has 0 spiro atoms.